The highest BCUT2D eigenvalue weighted by Crippen LogP contribution is 2.58. The average molecular weight is 616 g/mol. The molecule has 2 saturated heterocycles. The molecule has 3 heterocycles. The SMILES string of the molecule is COC(=O)O[C@H]1[C@H](n2ccc(=O)[nH]c2=O)O[C@@](CO[P@@]2(=O)OCC[C@@H](c3cccc(Cl)c3)O2)(N=[N+]=[N-])[C@H]1OC(C)=O. The number of aromatic nitrogens is 2. The molecule has 4 rings (SSSR count). The van der Waals surface area contributed by atoms with Crippen LogP contribution in [0, 0.1) is 0 Å². The average Bonchev–Trinajstić information content (AvgIpc) is 3.19. The van der Waals surface area contributed by atoms with Crippen LogP contribution in [-0.2, 0) is 41.9 Å². The number of rotatable bonds is 8. The van der Waals surface area contributed by atoms with Crippen molar-refractivity contribution in [3.05, 3.63) is 78.4 Å². The van der Waals surface area contributed by atoms with E-state index >= 15 is 0 Å². The van der Waals surface area contributed by atoms with Crippen LogP contribution in [-0.4, -0.2) is 59.9 Å². The van der Waals surface area contributed by atoms with Crippen LogP contribution in [0.1, 0.15) is 31.2 Å². The van der Waals surface area contributed by atoms with Gasteiger partial charge in [0, 0.05) is 35.5 Å². The molecule has 0 saturated carbocycles. The third-order valence-corrected chi connectivity index (χ3v) is 7.61. The van der Waals surface area contributed by atoms with E-state index in [9.17, 15) is 29.3 Å². The number of azide groups is 1. The van der Waals surface area contributed by atoms with Crippen LogP contribution in [0.25, 0.3) is 10.4 Å². The maximum atomic E-state index is 13.5. The molecule has 0 radical (unpaired) electrons. The van der Waals surface area contributed by atoms with Crippen LogP contribution in [0.15, 0.2) is 51.2 Å². The van der Waals surface area contributed by atoms with Crippen molar-refractivity contribution >= 4 is 31.5 Å². The lowest BCUT2D eigenvalue weighted by atomic mass is 10.1. The molecule has 19 heteroatoms. The zero-order chi connectivity index (χ0) is 29.8. The number of carbonyl (C=O) groups excluding carboxylic acids is 2. The molecule has 2 fully saturated rings. The van der Waals surface area contributed by atoms with E-state index in [-0.39, 0.29) is 6.61 Å². The van der Waals surface area contributed by atoms with Gasteiger partial charge < -0.3 is 18.9 Å². The van der Waals surface area contributed by atoms with Gasteiger partial charge in [0.1, 0.15) is 0 Å². The predicted molar refractivity (Wildman–Crippen MR) is 136 cm³/mol. The molecule has 0 amide bonds. The number of nitrogens with zero attached hydrogens (tertiary/aromatic N) is 4. The van der Waals surface area contributed by atoms with E-state index in [1.807, 2.05) is 4.98 Å². The van der Waals surface area contributed by atoms with Gasteiger partial charge in [-0.1, -0.05) is 28.8 Å². The van der Waals surface area contributed by atoms with Gasteiger partial charge in [-0.3, -0.25) is 32.7 Å². The number of aromatic amines is 1. The second-order valence-corrected chi connectivity index (χ2v) is 10.7. The minimum atomic E-state index is -4.39. The first-order chi connectivity index (χ1) is 19.5. The van der Waals surface area contributed by atoms with E-state index in [0.717, 1.165) is 30.9 Å². The Morgan fingerprint density at radius 2 is 2.10 bits per heavy atom. The number of hydrogen-bond donors (Lipinski definition) is 1. The van der Waals surface area contributed by atoms with Gasteiger partial charge in [-0.15, -0.1) is 0 Å². The van der Waals surface area contributed by atoms with E-state index in [0.29, 0.717) is 17.0 Å². The zero-order valence-electron chi connectivity index (χ0n) is 21.4. The van der Waals surface area contributed by atoms with Crippen LogP contribution in [0.3, 0.4) is 0 Å². The predicted octanol–water partition coefficient (Wildman–Crippen LogP) is 3.11. The molecular formula is C22H23ClN5O12P. The molecule has 0 spiro atoms. The van der Waals surface area contributed by atoms with Crippen LogP contribution in [0.2, 0.25) is 5.02 Å². The highest BCUT2D eigenvalue weighted by molar-refractivity contribution is 7.48. The molecule has 2 aromatic rings. The second-order valence-electron chi connectivity index (χ2n) is 8.62. The van der Waals surface area contributed by atoms with Crippen molar-refractivity contribution in [2.45, 2.75) is 43.6 Å². The minimum absolute atomic E-state index is 0.0549. The number of H-pyrrole nitrogens is 1. The number of phosphoric ester groups is 1. The summed E-state index contributed by atoms with van der Waals surface area (Å²) in [6, 6.07) is 7.60. The number of carbonyl (C=O) groups is 2. The van der Waals surface area contributed by atoms with E-state index in [1.54, 1.807) is 24.3 Å². The number of halogens is 1. The molecule has 41 heavy (non-hydrogen) atoms. The highest BCUT2D eigenvalue weighted by Gasteiger charge is 2.61. The summed E-state index contributed by atoms with van der Waals surface area (Å²) in [6.07, 6.45) is -5.91. The van der Waals surface area contributed by atoms with Crippen molar-refractivity contribution in [2.24, 2.45) is 5.11 Å². The number of esters is 1. The van der Waals surface area contributed by atoms with Gasteiger partial charge in [0.05, 0.1) is 26.4 Å². The summed E-state index contributed by atoms with van der Waals surface area (Å²) in [5.74, 6) is -0.943. The molecule has 0 aliphatic carbocycles. The molecule has 0 unspecified atom stereocenters. The first-order valence-corrected chi connectivity index (χ1v) is 13.6. The van der Waals surface area contributed by atoms with Crippen LogP contribution in [0.4, 0.5) is 4.79 Å². The van der Waals surface area contributed by atoms with E-state index < -0.39 is 68.1 Å². The van der Waals surface area contributed by atoms with Crippen LogP contribution >= 0.6 is 19.4 Å². The lowest BCUT2D eigenvalue weighted by Gasteiger charge is -2.33. The topological polar surface area (TPSA) is 219 Å². The number of phosphoric acid groups is 1. The normalized spacial score (nSPS) is 29.2. The summed E-state index contributed by atoms with van der Waals surface area (Å²) >= 11 is 6.06. The fourth-order valence-electron chi connectivity index (χ4n) is 4.19. The Morgan fingerprint density at radius 3 is 2.76 bits per heavy atom. The molecule has 17 nitrogen and oxygen atoms in total. The summed E-state index contributed by atoms with van der Waals surface area (Å²) in [7, 11) is -3.40. The fourth-order valence-corrected chi connectivity index (χ4v) is 5.80. The van der Waals surface area contributed by atoms with Gasteiger partial charge in [0.15, 0.2) is 18.4 Å². The van der Waals surface area contributed by atoms with Gasteiger partial charge in [0.25, 0.3) is 5.56 Å². The maximum absolute atomic E-state index is 13.5. The Hall–Kier alpha value is -3.69. The summed E-state index contributed by atoms with van der Waals surface area (Å²) in [5, 5.41) is 4.00. The van der Waals surface area contributed by atoms with Crippen molar-refractivity contribution in [2.75, 3.05) is 20.3 Å². The fraction of sp³-hybridized carbons (Fsp3) is 0.455. The molecule has 2 aliphatic rings. The monoisotopic (exact) mass is 615 g/mol. The first-order valence-electron chi connectivity index (χ1n) is 11.8. The lowest BCUT2D eigenvalue weighted by molar-refractivity contribution is -0.166. The number of methoxy groups -OCH3 is 1. The molecule has 1 N–H and O–H groups in total. The number of ether oxygens (including phenoxy) is 4. The maximum Gasteiger partial charge on any atom is 0.508 e. The second kappa shape index (κ2) is 12.4. The van der Waals surface area contributed by atoms with Gasteiger partial charge >= 0.3 is 25.6 Å². The molecule has 220 valence electrons. The number of benzene rings is 1. The van der Waals surface area contributed by atoms with Crippen LogP contribution < -0.4 is 11.2 Å². The van der Waals surface area contributed by atoms with E-state index in [4.69, 9.17) is 39.4 Å². The molecule has 6 atom stereocenters. The Kier molecular flexibility index (Phi) is 9.19. The van der Waals surface area contributed by atoms with Crippen molar-refractivity contribution in [3.8, 4) is 0 Å². The standard InChI is InChI=1S/C22H23ClN5O12P/c1-12(29)37-18-17(38-21(32)34-2)19(28-8-6-16(30)25-20(28)31)39-22(18,26-27-24)11-36-41(33)35-9-7-15(40-41)13-4-3-5-14(23)10-13/h3-6,8,10,15,17-19H,7,9,11H2,1-2H3,(H,25,30,31)/t15-,17+,18-,19+,22+,41+/m0/s1. The molecule has 0 bridgehead atoms. The van der Waals surface area contributed by atoms with Gasteiger partial charge in [-0.2, -0.15) is 0 Å². The quantitative estimate of drug-likeness (QED) is 0.149. The number of hydrogen-bond acceptors (Lipinski definition) is 13. The Bertz CT molecular complexity index is 1530. The van der Waals surface area contributed by atoms with E-state index in [1.165, 1.54) is 0 Å². The molecule has 1 aromatic heterocycles. The van der Waals surface area contributed by atoms with Gasteiger partial charge in [-0.25, -0.2) is 14.2 Å². The summed E-state index contributed by atoms with van der Waals surface area (Å²) in [5.41, 5.74) is 5.82. The summed E-state index contributed by atoms with van der Waals surface area (Å²) in [4.78, 5) is 53.2. The van der Waals surface area contributed by atoms with Crippen molar-refractivity contribution in [1.29, 1.82) is 0 Å². The third-order valence-electron chi connectivity index (χ3n) is 5.92. The largest absolute Gasteiger partial charge is 0.508 e. The van der Waals surface area contributed by atoms with Crippen LogP contribution in [0.5, 0.6) is 0 Å². The highest BCUT2D eigenvalue weighted by atomic mass is 35.5. The summed E-state index contributed by atoms with van der Waals surface area (Å²) < 4.78 is 51.6. The Balaban J connectivity index is 1.71. The third kappa shape index (κ3) is 6.80. The number of nitrogens with one attached hydrogen (secondary N) is 1. The zero-order valence-corrected chi connectivity index (χ0v) is 23.1. The van der Waals surface area contributed by atoms with Gasteiger partial charge in [-0.05, 0) is 23.2 Å². The molecular weight excluding hydrogens is 593 g/mol. The Morgan fingerprint density at radius 1 is 1.32 bits per heavy atom. The lowest BCUT2D eigenvalue weighted by Crippen LogP contribution is -2.48. The van der Waals surface area contributed by atoms with Gasteiger partial charge in [0.2, 0.25) is 5.72 Å². The minimum Gasteiger partial charge on any atom is -0.455 e. The van der Waals surface area contributed by atoms with Crippen molar-refractivity contribution in [1.82, 2.24) is 9.55 Å². The summed E-state index contributed by atoms with van der Waals surface area (Å²) in [6.45, 7) is 0.00626. The smallest absolute Gasteiger partial charge is 0.455 e. The molecule has 1 aromatic carbocycles. The Labute approximate surface area is 235 Å². The molecule has 2 aliphatic heterocycles. The van der Waals surface area contributed by atoms with E-state index in [2.05, 4.69) is 14.8 Å². The van der Waals surface area contributed by atoms with Crippen molar-refractivity contribution in [3.63, 3.8) is 0 Å². The first kappa shape index (κ1) is 30.3. The van der Waals surface area contributed by atoms with Crippen molar-refractivity contribution < 1.29 is 46.7 Å².